The smallest absolute Gasteiger partial charge is 0.416 e. The molecule has 6 heterocycles. The SMILES string of the molecule is Cc1ncnc(C(=O)N2CCC3(CC2)S[C@@H](C)c2c3c(=O)n3nc(C4=CCN(C(=O)C5(C#N)CC5)CC4)nc3n2CC(=O)Nc2ccc(C(F)(F)F)cc2Cl)c1O. The predicted octanol–water partition coefficient (Wildman–Crippen LogP) is 4.86. The summed E-state index contributed by atoms with van der Waals surface area (Å²) in [5.74, 6) is -1.36. The van der Waals surface area contributed by atoms with Gasteiger partial charge in [-0.05, 0) is 69.7 Å². The van der Waals surface area contributed by atoms with Crippen molar-refractivity contribution in [3.05, 3.63) is 80.0 Å². The maximum Gasteiger partial charge on any atom is 0.416 e. The van der Waals surface area contributed by atoms with Crippen molar-refractivity contribution in [2.45, 2.75) is 68.7 Å². The Morgan fingerprint density at radius 3 is 2.49 bits per heavy atom. The first-order valence-corrected chi connectivity index (χ1v) is 19.4. The number of nitrogens with one attached hydrogen (secondary N) is 1. The van der Waals surface area contributed by atoms with E-state index >= 15 is 0 Å². The molecule has 3 aliphatic heterocycles. The van der Waals surface area contributed by atoms with Gasteiger partial charge >= 0.3 is 6.18 Å². The molecular formula is C37H34ClF3N10O5S. The lowest BCUT2D eigenvalue weighted by Crippen LogP contribution is -2.45. The number of aromatic nitrogens is 6. The van der Waals surface area contributed by atoms with Gasteiger partial charge in [-0.25, -0.2) is 9.97 Å². The average Bonchev–Trinajstić information content (AvgIpc) is 3.77. The minimum absolute atomic E-state index is 0.0396. The van der Waals surface area contributed by atoms with Crippen molar-refractivity contribution in [1.82, 2.24) is 38.9 Å². The normalized spacial score (nSPS) is 19.6. The van der Waals surface area contributed by atoms with Crippen LogP contribution in [0, 0.1) is 23.7 Å². The average molecular weight is 823 g/mol. The van der Waals surface area contributed by atoms with Crippen molar-refractivity contribution >= 4 is 58.1 Å². The molecule has 8 rings (SSSR count). The monoisotopic (exact) mass is 822 g/mol. The van der Waals surface area contributed by atoms with Crippen LogP contribution in [0.3, 0.4) is 0 Å². The molecule has 296 valence electrons. The first-order valence-electron chi connectivity index (χ1n) is 18.1. The predicted molar refractivity (Wildman–Crippen MR) is 200 cm³/mol. The van der Waals surface area contributed by atoms with Crippen LogP contribution in [-0.4, -0.2) is 87.9 Å². The number of carbonyl (C=O) groups is 3. The van der Waals surface area contributed by atoms with Gasteiger partial charge in [-0.3, -0.25) is 19.2 Å². The van der Waals surface area contributed by atoms with E-state index in [-0.39, 0.29) is 70.2 Å². The molecule has 1 aliphatic carbocycles. The molecule has 57 heavy (non-hydrogen) atoms. The quantitative estimate of drug-likeness (QED) is 0.270. The number of benzene rings is 1. The number of nitrogens with zero attached hydrogens (tertiary/aromatic N) is 9. The third-order valence-corrected chi connectivity index (χ3v) is 13.1. The Morgan fingerprint density at radius 2 is 1.86 bits per heavy atom. The minimum Gasteiger partial charge on any atom is -0.504 e. The summed E-state index contributed by atoms with van der Waals surface area (Å²) in [4.78, 5) is 70.7. The Morgan fingerprint density at radius 1 is 1.12 bits per heavy atom. The lowest BCUT2D eigenvalue weighted by Gasteiger charge is -2.39. The third-order valence-electron chi connectivity index (χ3n) is 11.1. The molecule has 4 aliphatic rings. The number of aromatic hydroxyl groups is 1. The van der Waals surface area contributed by atoms with Crippen molar-refractivity contribution in [1.29, 1.82) is 5.26 Å². The lowest BCUT2D eigenvalue weighted by atomic mass is 9.87. The van der Waals surface area contributed by atoms with E-state index in [0.29, 0.717) is 55.5 Å². The Bertz CT molecular complexity index is 2520. The molecule has 3 amide bonds. The van der Waals surface area contributed by atoms with E-state index in [4.69, 9.17) is 16.6 Å². The Balaban J connectivity index is 1.15. The van der Waals surface area contributed by atoms with E-state index in [1.54, 1.807) is 27.4 Å². The first kappa shape index (κ1) is 38.4. The van der Waals surface area contributed by atoms with Crippen molar-refractivity contribution in [2.75, 3.05) is 31.5 Å². The molecule has 2 fully saturated rings. The number of halogens is 4. The molecule has 1 saturated carbocycles. The number of amides is 3. The van der Waals surface area contributed by atoms with Crippen LogP contribution in [0.25, 0.3) is 11.4 Å². The molecule has 4 aromatic rings. The van der Waals surface area contributed by atoms with Crippen LogP contribution in [0.2, 0.25) is 5.02 Å². The van der Waals surface area contributed by atoms with Crippen molar-refractivity contribution in [2.24, 2.45) is 5.41 Å². The number of piperidine rings is 1. The summed E-state index contributed by atoms with van der Waals surface area (Å²) in [6, 6.07) is 4.74. The molecule has 2 N–H and O–H groups in total. The largest absolute Gasteiger partial charge is 0.504 e. The third kappa shape index (κ3) is 6.57. The maximum atomic E-state index is 14.6. The van der Waals surface area contributed by atoms with Crippen LogP contribution in [0.1, 0.15) is 83.1 Å². The van der Waals surface area contributed by atoms with Gasteiger partial charge in [0.05, 0.1) is 38.3 Å². The highest BCUT2D eigenvalue weighted by Crippen LogP contribution is 2.58. The number of anilines is 1. The fourth-order valence-corrected chi connectivity index (χ4v) is 9.85. The number of nitriles is 1. The second kappa shape index (κ2) is 13.9. The lowest BCUT2D eigenvalue weighted by molar-refractivity contribution is -0.137. The second-order valence-corrected chi connectivity index (χ2v) is 16.8. The number of carbonyl (C=O) groups excluding carboxylic acids is 3. The van der Waals surface area contributed by atoms with Gasteiger partial charge in [0, 0.05) is 37.1 Å². The molecule has 1 aromatic carbocycles. The molecule has 0 bridgehead atoms. The van der Waals surface area contributed by atoms with E-state index in [9.17, 15) is 42.7 Å². The van der Waals surface area contributed by atoms with Crippen LogP contribution in [0.5, 0.6) is 5.75 Å². The van der Waals surface area contributed by atoms with E-state index in [0.717, 1.165) is 22.7 Å². The number of alkyl halides is 3. The molecule has 15 nitrogen and oxygen atoms in total. The molecule has 20 heteroatoms. The number of fused-ring (bicyclic) bond motifs is 3. The van der Waals surface area contributed by atoms with Crippen molar-refractivity contribution in [3.8, 4) is 11.8 Å². The number of hydrogen-bond donors (Lipinski definition) is 2. The van der Waals surface area contributed by atoms with Crippen molar-refractivity contribution in [3.63, 3.8) is 0 Å². The summed E-state index contributed by atoms with van der Waals surface area (Å²) < 4.78 is 41.9. The minimum atomic E-state index is -4.64. The maximum absolute atomic E-state index is 14.6. The van der Waals surface area contributed by atoms with Crippen LogP contribution in [0.4, 0.5) is 18.9 Å². The molecular weight excluding hydrogens is 789 g/mol. The van der Waals surface area contributed by atoms with Gasteiger partial charge in [0.2, 0.25) is 17.6 Å². The standard InChI is InChI=1S/C37H34ClF3N10O5S/c1-19-29(53)27(44-18-43-19)32(55)48-13-9-36(10-14-48)26-28(20(2)57-36)50(16-25(52)45-24-4-3-22(15-23(24)38)37(39,40)41)34-46-30(47-51(34)31(26)54)21-5-11-49(12-6-21)33(56)35(17-42)7-8-35/h3-5,15,18,20,53H,6-14,16H2,1-2H3,(H,45,52)/t20-/m0/s1. The van der Waals surface area contributed by atoms with Gasteiger partial charge in [-0.15, -0.1) is 16.9 Å². The van der Waals surface area contributed by atoms with E-state index in [2.05, 4.69) is 26.5 Å². The van der Waals surface area contributed by atoms with Crippen LogP contribution in [0.15, 0.2) is 35.4 Å². The number of thioether (sulfide) groups is 1. The molecule has 1 saturated heterocycles. The highest BCUT2D eigenvalue weighted by atomic mass is 35.5. The Hall–Kier alpha value is -5.48. The summed E-state index contributed by atoms with van der Waals surface area (Å²) in [7, 11) is 0. The number of rotatable bonds is 6. The zero-order valence-corrected chi connectivity index (χ0v) is 32.1. The second-order valence-electron chi connectivity index (χ2n) is 14.7. The van der Waals surface area contributed by atoms with Crippen LogP contribution < -0.4 is 10.9 Å². The van der Waals surface area contributed by atoms with Gasteiger partial charge in [0.15, 0.2) is 17.3 Å². The van der Waals surface area contributed by atoms with Gasteiger partial charge < -0.3 is 24.8 Å². The summed E-state index contributed by atoms with van der Waals surface area (Å²) in [6.45, 7) is 4.05. The Kier molecular flexibility index (Phi) is 9.34. The fourth-order valence-electron chi connectivity index (χ4n) is 7.86. The highest BCUT2D eigenvalue weighted by molar-refractivity contribution is 8.00. The van der Waals surface area contributed by atoms with E-state index in [1.165, 1.54) is 18.1 Å². The summed E-state index contributed by atoms with van der Waals surface area (Å²) >= 11 is 7.69. The Labute approximate surface area is 331 Å². The van der Waals surface area contributed by atoms with Gasteiger partial charge in [0.1, 0.15) is 18.3 Å². The van der Waals surface area contributed by atoms with Gasteiger partial charge in [-0.1, -0.05) is 17.7 Å². The molecule has 3 aromatic heterocycles. The number of hydrogen-bond acceptors (Lipinski definition) is 11. The summed E-state index contributed by atoms with van der Waals surface area (Å²) in [6.07, 6.45) is 0.453. The van der Waals surface area contributed by atoms with Crippen molar-refractivity contribution < 1.29 is 32.7 Å². The number of likely N-dealkylation sites (tertiary alicyclic amines) is 1. The summed E-state index contributed by atoms with van der Waals surface area (Å²) in [5.41, 5.74) is -0.690. The zero-order valence-electron chi connectivity index (χ0n) is 30.6. The topological polar surface area (TPSA) is 192 Å². The van der Waals surface area contributed by atoms with Gasteiger partial charge in [-0.2, -0.15) is 27.9 Å². The van der Waals surface area contributed by atoms with Gasteiger partial charge in [0.25, 0.3) is 11.5 Å². The first-order chi connectivity index (χ1) is 27.1. The highest BCUT2D eigenvalue weighted by Gasteiger charge is 2.53. The molecule has 1 atom stereocenters. The summed E-state index contributed by atoms with van der Waals surface area (Å²) in [5, 5.41) is 26.6. The number of aryl methyl sites for hydroxylation is 1. The van der Waals surface area contributed by atoms with Crippen LogP contribution >= 0.6 is 23.4 Å². The van der Waals surface area contributed by atoms with Crippen LogP contribution in [-0.2, 0) is 27.1 Å². The fraction of sp³-hybridized carbons (Fsp3) is 0.432. The molecule has 0 radical (unpaired) electrons. The van der Waals surface area contributed by atoms with E-state index < -0.39 is 45.8 Å². The van der Waals surface area contributed by atoms with E-state index in [1.807, 2.05) is 6.92 Å². The zero-order chi connectivity index (χ0) is 40.6. The molecule has 1 spiro atoms. The molecule has 0 unspecified atom stereocenters.